The molecule has 0 aromatic heterocycles. The summed E-state index contributed by atoms with van der Waals surface area (Å²) in [5.74, 6) is 2.77. The van der Waals surface area contributed by atoms with Crippen LogP contribution in [0.1, 0.15) is 39.5 Å². The van der Waals surface area contributed by atoms with Crippen LogP contribution in [0.3, 0.4) is 0 Å². The summed E-state index contributed by atoms with van der Waals surface area (Å²) in [6, 6.07) is 0.496. The molecular formula is C15H27N3O. The second-order valence-electron chi connectivity index (χ2n) is 5.38. The zero-order valence-corrected chi connectivity index (χ0v) is 12.5. The topological polar surface area (TPSA) is 44.4 Å². The van der Waals surface area contributed by atoms with Crippen LogP contribution in [0.25, 0.3) is 0 Å². The lowest BCUT2D eigenvalue weighted by atomic mass is 9.94. The molecule has 1 fully saturated rings. The zero-order chi connectivity index (χ0) is 14.3. The fourth-order valence-corrected chi connectivity index (χ4v) is 2.58. The number of rotatable bonds is 6. The number of hydrogen-bond acceptors (Lipinski definition) is 3. The monoisotopic (exact) mass is 265 g/mol. The van der Waals surface area contributed by atoms with Gasteiger partial charge in [0.2, 0.25) is 5.91 Å². The van der Waals surface area contributed by atoms with E-state index in [2.05, 4.69) is 21.5 Å². The van der Waals surface area contributed by atoms with Crippen molar-refractivity contribution in [1.29, 1.82) is 0 Å². The Morgan fingerprint density at radius 1 is 1.42 bits per heavy atom. The molecular weight excluding hydrogens is 238 g/mol. The van der Waals surface area contributed by atoms with E-state index in [4.69, 9.17) is 6.42 Å². The first-order valence-corrected chi connectivity index (χ1v) is 7.26. The van der Waals surface area contributed by atoms with E-state index in [-0.39, 0.29) is 5.91 Å². The minimum atomic E-state index is -0.480. The van der Waals surface area contributed by atoms with E-state index < -0.39 is 5.54 Å². The lowest BCUT2D eigenvalue weighted by Gasteiger charge is -2.33. The maximum Gasteiger partial charge on any atom is 0.235 e. The van der Waals surface area contributed by atoms with Gasteiger partial charge in [-0.15, -0.1) is 6.42 Å². The summed E-state index contributed by atoms with van der Waals surface area (Å²) in [5, 5.41) is 6.35. The standard InChI is InChI=1S/C15H27N3O/c1-5-15(6-2,7-3)17-14(19)12-18(4)13-8-10-16-11-9-13/h1,13,16H,6-12H2,2-4H3,(H,17,19). The van der Waals surface area contributed by atoms with Crippen LogP contribution in [-0.4, -0.2) is 49.1 Å². The Labute approximate surface area is 117 Å². The van der Waals surface area contributed by atoms with Crippen molar-refractivity contribution in [3.05, 3.63) is 0 Å². The molecule has 0 saturated carbocycles. The third-order valence-electron chi connectivity index (χ3n) is 4.19. The second-order valence-corrected chi connectivity index (χ2v) is 5.38. The molecule has 0 bridgehead atoms. The van der Waals surface area contributed by atoms with Crippen molar-refractivity contribution < 1.29 is 4.79 Å². The lowest BCUT2D eigenvalue weighted by Crippen LogP contribution is -2.51. The van der Waals surface area contributed by atoms with Crippen molar-refractivity contribution in [2.45, 2.75) is 51.1 Å². The van der Waals surface area contributed by atoms with E-state index >= 15 is 0 Å². The molecule has 0 aliphatic carbocycles. The van der Waals surface area contributed by atoms with Crippen LogP contribution in [0.2, 0.25) is 0 Å². The predicted molar refractivity (Wildman–Crippen MR) is 78.8 cm³/mol. The number of carbonyl (C=O) groups excluding carboxylic acids is 1. The van der Waals surface area contributed by atoms with E-state index in [0.717, 1.165) is 38.8 Å². The number of likely N-dealkylation sites (N-methyl/N-ethyl adjacent to an activating group) is 1. The van der Waals surface area contributed by atoms with Crippen molar-refractivity contribution >= 4 is 5.91 Å². The van der Waals surface area contributed by atoms with Crippen LogP contribution >= 0.6 is 0 Å². The number of nitrogens with one attached hydrogen (secondary N) is 2. The van der Waals surface area contributed by atoms with Gasteiger partial charge in [-0.2, -0.15) is 0 Å². The van der Waals surface area contributed by atoms with Crippen LogP contribution in [0.5, 0.6) is 0 Å². The summed E-state index contributed by atoms with van der Waals surface area (Å²) in [6.45, 7) is 6.53. The summed E-state index contributed by atoms with van der Waals surface area (Å²) < 4.78 is 0. The number of hydrogen-bond donors (Lipinski definition) is 2. The third kappa shape index (κ3) is 4.52. The highest BCUT2D eigenvalue weighted by Crippen LogP contribution is 2.14. The van der Waals surface area contributed by atoms with Gasteiger partial charge in [-0.05, 0) is 45.8 Å². The molecule has 0 spiro atoms. The van der Waals surface area contributed by atoms with Gasteiger partial charge in [0, 0.05) is 6.04 Å². The van der Waals surface area contributed by atoms with Crippen molar-refractivity contribution in [2.24, 2.45) is 0 Å². The van der Waals surface area contributed by atoms with Crippen LogP contribution in [0.15, 0.2) is 0 Å². The summed E-state index contributed by atoms with van der Waals surface area (Å²) in [6.07, 6.45) is 9.30. The highest BCUT2D eigenvalue weighted by atomic mass is 16.2. The number of amides is 1. The molecule has 2 N–H and O–H groups in total. The Morgan fingerprint density at radius 3 is 2.47 bits per heavy atom. The first kappa shape index (κ1) is 16.0. The summed E-state index contributed by atoms with van der Waals surface area (Å²) in [7, 11) is 2.02. The molecule has 0 atom stereocenters. The Bertz CT molecular complexity index is 325. The fourth-order valence-electron chi connectivity index (χ4n) is 2.58. The quantitative estimate of drug-likeness (QED) is 0.704. The molecule has 4 nitrogen and oxygen atoms in total. The minimum Gasteiger partial charge on any atom is -0.339 e. The number of terminal acetylenes is 1. The molecule has 0 radical (unpaired) electrons. The maximum atomic E-state index is 12.1. The van der Waals surface area contributed by atoms with E-state index in [1.54, 1.807) is 0 Å². The van der Waals surface area contributed by atoms with Crippen LogP contribution in [0, 0.1) is 12.3 Å². The molecule has 1 amide bonds. The molecule has 4 heteroatoms. The molecule has 108 valence electrons. The van der Waals surface area contributed by atoms with Gasteiger partial charge in [0.1, 0.15) is 5.54 Å². The average Bonchev–Trinajstić information content (AvgIpc) is 2.46. The van der Waals surface area contributed by atoms with E-state index in [1.165, 1.54) is 0 Å². The van der Waals surface area contributed by atoms with Gasteiger partial charge in [-0.25, -0.2) is 0 Å². The van der Waals surface area contributed by atoms with Crippen molar-refractivity contribution in [3.8, 4) is 12.3 Å². The Kier molecular flexibility index (Phi) is 6.33. The van der Waals surface area contributed by atoms with Crippen LogP contribution in [0.4, 0.5) is 0 Å². The van der Waals surface area contributed by atoms with Gasteiger partial charge in [-0.3, -0.25) is 9.69 Å². The molecule has 1 saturated heterocycles. The summed E-state index contributed by atoms with van der Waals surface area (Å²) in [5.41, 5.74) is -0.480. The van der Waals surface area contributed by atoms with Gasteiger partial charge in [0.25, 0.3) is 0 Å². The first-order valence-electron chi connectivity index (χ1n) is 7.26. The third-order valence-corrected chi connectivity index (χ3v) is 4.19. The molecule has 1 heterocycles. The van der Waals surface area contributed by atoms with E-state index in [0.29, 0.717) is 12.6 Å². The van der Waals surface area contributed by atoms with Crippen molar-refractivity contribution in [1.82, 2.24) is 15.5 Å². The Morgan fingerprint density at radius 2 is 2.00 bits per heavy atom. The molecule has 0 aromatic rings. The number of piperidine rings is 1. The normalized spacial score (nSPS) is 17.2. The number of carbonyl (C=O) groups is 1. The summed E-state index contributed by atoms with van der Waals surface area (Å²) in [4.78, 5) is 14.3. The van der Waals surface area contributed by atoms with Crippen LogP contribution in [-0.2, 0) is 4.79 Å². The first-order chi connectivity index (χ1) is 9.06. The highest BCUT2D eigenvalue weighted by Gasteiger charge is 2.27. The average molecular weight is 265 g/mol. The molecule has 1 rings (SSSR count). The molecule has 1 aliphatic rings. The summed E-state index contributed by atoms with van der Waals surface area (Å²) >= 11 is 0. The zero-order valence-electron chi connectivity index (χ0n) is 12.5. The van der Waals surface area contributed by atoms with Gasteiger partial charge in [0.05, 0.1) is 6.54 Å². The van der Waals surface area contributed by atoms with Gasteiger partial charge in [-0.1, -0.05) is 19.8 Å². The van der Waals surface area contributed by atoms with Gasteiger partial charge >= 0.3 is 0 Å². The van der Waals surface area contributed by atoms with E-state index in [9.17, 15) is 4.79 Å². The Hall–Kier alpha value is -1.05. The SMILES string of the molecule is C#CC(CC)(CC)NC(=O)CN(C)C1CCNCC1. The largest absolute Gasteiger partial charge is 0.339 e. The lowest BCUT2D eigenvalue weighted by molar-refractivity contribution is -0.124. The molecule has 1 aliphatic heterocycles. The van der Waals surface area contributed by atoms with Gasteiger partial charge < -0.3 is 10.6 Å². The Balaban J connectivity index is 2.47. The van der Waals surface area contributed by atoms with Crippen molar-refractivity contribution in [3.63, 3.8) is 0 Å². The molecule has 0 aromatic carbocycles. The molecule has 19 heavy (non-hydrogen) atoms. The van der Waals surface area contributed by atoms with Crippen LogP contribution < -0.4 is 10.6 Å². The maximum absolute atomic E-state index is 12.1. The molecule has 0 unspecified atom stereocenters. The smallest absolute Gasteiger partial charge is 0.235 e. The predicted octanol–water partition coefficient (Wildman–Crippen LogP) is 0.978. The fraction of sp³-hybridized carbons (Fsp3) is 0.800. The van der Waals surface area contributed by atoms with Gasteiger partial charge in [0.15, 0.2) is 0 Å². The highest BCUT2D eigenvalue weighted by molar-refractivity contribution is 5.79. The second kappa shape index (κ2) is 7.52. The minimum absolute atomic E-state index is 0.0303. The number of nitrogens with zero attached hydrogens (tertiary/aromatic N) is 1. The van der Waals surface area contributed by atoms with E-state index in [1.807, 2.05) is 20.9 Å². The van der Waals surface area contributed by atoms with Crippen molar-refractivity contribution in [2.75, 3.05) is 26.7 Å².